The van der Waals surface area contributed by atoms with Crippen LogP contribution in [0.25, 0.3) is 16.6 Å². The molecule has 1 fully saturated rings. The predicted octanol–water partition coefficient (Wildman–Crippen LogP) is 6.23. The first-order chi connectivity index (χ1) is 18.4. The summed E-state index contributed by atoms with van der Waals surface area (Å²) in [4.78, 5) is 29.9. The molecule has 0 saturated heterocycles. The maximum atomic E-state index is 13.8. The SMILES string of the molecule is CC(C)(C)C(=O)NCc1ccc(C(F)(F)F)c(C(=O)Nc2cccc3c2cnn3-c2ccnc(C3CC3)c2)c1. The fraction of sp³-hybridized carbons (Fsp3) is 0.310. The van der Waals surface area contributed by atoms with E-state index in [0.717, 1.165) is 30.3 Å². The van der Waals surface area contributed by atoms with E-state index in [0.29, 0.717) is 28.1 Å². The number of anilines is 1. The van der Waals surface area contributed by atoms with E-state index in [4.69, 9.17) is 0 Å². The number of nitrogens with zero attached hydrogens (tertiary/aromatic N) is 3. The van der Waals surface area contributed by atoms with E-state index in [-0.39, 0.29) is 12.5 Å². The standard InChI is InChI=1S/C29H28F3N5O2/c1-28(2,3)27(39)34-15-17-7-10-22(29(30,31)32)20(13-17)26(38)36-23-5-4-6-25-21(23)16-35-37(25)19-11-12-33-24(14-19)18-8-9-18/h4-7,10-14,16,18H,8-9,15H2,1-3H3,(H,34,39)(H,36,38). The number of halogens is 3. The van der Waals surface area contributed by atoms with Crippen LogP contribution in [-0.4, -0.2) is 26.6 Å². The Labute approximate surface area is 223 Å². The Morgan fingerprint density at radius 3 is 2.51 bits per heavy atom. The van der Waals surface area contributed by atoms with Gasteiger partial charge >= 0.3 is 6.18 Å². The number of benzene rings is 2. The van der Waals surface area contributed by atoms with E-state index in [9.17, 15) is 22.8 Å². The minimum absolute atomic E-state index is 0.00828. The van der Waals surface area contributed by atoms with Crippen LogP contribution in [0.4, 0.5) is 18.9 Å². The highest BCUT2D eigenvalue weighted by Gasteiger charge is 2.35. The molecule has 202 valence electrons. The number of amides is 2. The Kier molecular flexibility index (Phi) is 6.65. The van der Waals surface area contributed by atoms with Gasteiger partial charge in [0.2, 0.25) is 5.91 Å². The van der Waals surface area contributed by atoms with Gasteiger partial charge in [0.05, 0.1) is 34.2 Å². The number of alkyl halides is 3. The number of fused-ring (bicyclic) bond motifs is 1. The summed E-state index contributed by atoms with van der Waals surface area (Å²) in [5, 5.41) is 10.4. The molecule has 2 heterocycles. The van der Waals surface area contributed by atoms with Crippen LogP contribution in [0.3, 0.4) is 0 Å². The molecule has 4 aromatic rings. The number of hydrogen-bond donors (Lipinski definition) is 2. The summed E-state index contributed by atoms with van der Waals surface area (Å²) in [6, 6.07) is 12.3. The lowest BCUT2D eigenvalue weighted by molar-refractivity contribution is -0.138. The Bertz CT molecular complexity index is 1570. The molecular weight excluding hydrogens is 507 g/mol. The third-order valence-electron chi connectivity index (χ3n) is 6.63. The van der Waals surface area contributed by atoms with E-state index in [2.05, 4.69) is 20.7 Å². The van der Waals surface area contributed by atoms with Crippen LogP contribution >= 0.6 is 0 Å². The average Bonchev–Trinajstić information content (AvgIpc) is 3.65. The van der Waals surface area contributed by atoms with E-state index in [1.165, 1.54) is 12.1 Å². The van der Waals surface area contributed by atoms with Crippen LogP contribution < -0.4 is 10.6 Å². The van der Waals surface area contributed by atoms with Gasteiger partial charge in [-0.15, -0.1) is 0 Å². The van der Waals surface area contributed by atoms with Crippen LogP contribution in [0, 0.1) is 5.41 Å². The summed E-state index contributed by atoms with van der Waals surface area (Å²) in [5.41, 5.74) is 0.964. The zero-order valence-corrected chi connectivity index (χ0v) is 21.8. The van der Waals surface area contributed by atoms with Crippen molar-refractivity contribution in [2.45, 2.75) is 52.3 Å². The topological polar surface area (TPSA) is 88.9 Å². The van der Waals surface area contributed by atoms with Gasteiger partial charge in [0.25, 0.3) is 5.91 Å². The Balaban J connectivity index is 1.44. The minimum Gasteiger partial charge on any atom is -0.352 e. The zero-order valence-electron chi connectivity index (χ0n) is 21.8. The van der Waals surface area contributed by atoms with Crippen LogP contribution in [-0.2, 0) is 17.5 Å². The zero-order chi connectivity index (χ0) is 27.9. The van der Waals surface area contributed by atoms with Crippen LogP contribution in [0.5, 0.6) is 0 Å². The highest BCUT2D eigenvalue weighted by molar-refractivity contribution is 6.09. The molecule has 2 N–H and O–H groups in total. The van der Waals surface area contributed by atoms with Gasteiger partial charge in [-0.05, 0) is 54.8 Å². The molecule has 10 heteroatoms. The second kappa shape index (κ2) is 9.83. The molecule has 1 aliphatic rings. The lowest BCUT2D eigenvalue weighted by Crippen LogP contribution is -2.34. The summed E-state index contributed by atoms with van der Waals surface area (Å²) < 4.78 is 43.2. The molecule has 5 rings (SSSR count). The van der Waals surface area contributed by atoms with Crippen molar-refractivity contribution in [1.29, 1.82) is 0 Å². The number of rotatable bonds is 6. The Hall–Kier alpha value is -4.21. The molecule has 1 aliphatic carbocycles. The first kappa shape index (κ1) is 26.4. The lowest BCUT2D eigenvalue weighted by atomic mass is 9.95. The Morgan fingerprint density at radius 2 is 1.82 bits per heavy atom. The second-order valence-corrected chi connectivity index (χ2v) is 10.8. The quantitative estimate of drug-likeness (QED) is 0.306. The van der Waals surface area contributed by atoms with E-state index in [1.807, 2.05) is 18.2 Å². The summed E-state index contributed by atoms with van der Waals surface area (Å²) in [6.07, 6.45) is 0.785. The van der Waals surface area contributed by atoms with Crippen molar-refractivity contribution in [3.8, 4) is 5.69 Å². The fourth-order valence-electron chi connectivity index (χ4n) is 4.31. The first-order valence-electron chi connectivity index (χ1n) is 12.6. The van der Waals surface area contributed by atoms with Crippen molar-refractivity contribution in [2.24, 2.45) is 5.41 Å². The normalized spacial score (nSPS) is 13.9. The van der Waals surface area contributed by atoms with Crippen molar-refractivity contribution in [2.75, 3.05) is 5.32 Å². The number of hydrogen-bond acceptors (Lipinski definition) is 4. The molecule has 0 unspecified atom stereocenters. The van der Waals surface area contributed by atoms with Gasteiger partial charge in [0, 0.05) is 35.2 Å². The summed E-state index contributed by atoms with van der Waals surface area (Å²) in [5.74, 6) is -0.705. The van der Waals surface area contributed by atoms with Gasteiger partial charge in [-0.2, -0.15) is 18.3 Å². The van der Waals surface area contributed by atoms with Crippen LogP contribution in [0.15, 0.2) is 60.9 Å². The summed E-state index contributed by atoms with van der Waals surface area (Å²) >= 11 is 0. The monoisotopic (exact) mass is 535 g/mol. The van der Waals surface area contributed by atoms with Gasteiger partial charge in [-0.3, -0.25) is 14.6 Å². The van der Waals surface area contributed by atoms with Crippen molar-refractivity contribution < 1.29 is 22.8 Å². The maximum absolute atomic E-state index is 13.8. The van der Waals surface area contributed by atoms with E-state index >= 15 is 0 Å². The smallest absolute Gasteiger partial charge is 0.352 e. The molecule has 0 spiro atoms. The van der Waals surface area contributed by atoms with Crippen molar-refractivity contribution in [3.63, 3.8) is 0 Å². The summed E-state index contributed by atoms with van der Waals surface area (Å²) in [6.45, 7) is 5.19. The van der Waals surface area contributed by atoms with Crippen molar-refractivity contribution >= 4 is 28.4 Å². The maximum Gasteiger partial charge on any atom is 0.417 e. The predicted molar refractivity (Wildman–Crippen MR) is 142 cm³/mol. The number of nitrogens with one attached hydrogen (secondary N) is 2. The molecule has 7 nitrogen and oxygen atoms in total. The molecule has 2 amide bonds. The molecule has 0 aliphatic heterocycles. The van der Waals surface area contributed by atoms with Crippen molar-refractivity contribution in [3.05, 3.63) is 83.3 Å². The molecule has 0 atom stereocenters. The number of aromatic nitrogens is 3. The first-order valence-corrected chi connectivity index (χ1v) is 12.6. The summed E-state index contributed by atoms with van der Waals surface area (Å²) in [7, 11) is 0. The van der Waals surface area contributed by atoms with Gasteiger partial charge in [-0.1, -0.05) is 32.9 Å². The van der Waals surface area contributed by atoms with Gasteiger partial charge in [0.15, 0.2) is 0 Å². The minimum atomic E-state index is -4.74. The Morgan fingerprint density at radius 1 is 1.05 bits per heavy atom. The van der Waals surface area contributed by atoms with Crippen LogP contribution in [0.1, 0.15) is 66.7 Å². The molecule has 39 heavy (non-hydrogen) atoms. The van der Waals surface area contributed by atoms with Gasteiger partial charge < -0.3 is 10.6 Å². The highest BCUT2D eigenvalue weighted by atomic mass is 19.4. The fourth-order valence-corrected chi connectivity index (χ4v) is 4.31. The second-order valence-electron chi connectivity index (χ2n) is 10.8. The third kappa shape index (κ3) is 5.64. The molecule has 1 saturated carbocycles. The molecule has 0 bridgehead atoms. The van der Waals surface area contributed by atoms with Crippen molar-refractivity contribution in [1.82, 2.24) is 20.1 Å². The number of carbonyl (C=O) groups excluding carboxylic acids is 2. The highest BCUT2D eigenvalue weighted by Crippen LogP contribution is 2.39. The van der Waals surface area contributed by atoms with E-state index < -0.39 is 28.6 Å². The van der Waals surface area contributed by atoms with Crippen LogP contribution in [0.2, 0.25) is 0 Å². The van der Waals surface area contributed by atoms with E-state index in [1.54, 1.807) is 50.0 Å². The third-order valence-corrected chi connectivity index (χ3v) is 6.63. The molecular formula is C29H28F3N5O2. The molecule has 0 radical (unpaired) electrons. The lowest BCUT2D eigenvalue weighted by Gasteiger charge is -2.19. The molecule has 2 aromatic heterocycles. The van der Waals surface area contributed by atoms with Gasteiger partial charge in [0.1, 0.15) is 0 Å². The average molecular weight is 536 g/mol. The largest absolute Gasteiger partial charge is 0.417 e. The number of carbonyl (C=O) groups is 2. The number of pyridine rings is 1. The molecule has 2 aromatic carbocycles. The van der Waals surface area contributed by atoms with Gasteiger partial charge in [-0.25, -0.2) is 4.68 Å².